The Bertz CT molecular complexity index is 943. The number of hydrogen-bond acceptors (Lipinski definition) is 2. The number of anilines is 1. The van der Waals surface area contributed by atoms with E-state index in [1.807, 2.05) is 24.3 Å². The molecule has 0 saturated carbocycles. The minimum atomic E-state index is -0.516. The number of hydrazine groups is 1. The highest BCUT2D eigenvalue weighted by Crippen LogP contribution is 2.19. The summed E-state index contributed by atoms with van der Waals surface area (Å²) in [7, 11) is 0. The van der Waals surface area contributed by atoms with Crippen molar-refractivity contribution in [3.63, 3.8) is 0 Å². The van der Waals surface area contributed by atoms with Crippen LogP contribution < -0.4 is 16.2 Å². The fourth-order valence-electron chi connectivity index (χ4n) is 2.36. The first-order valence-electron chi connectivity index (χ1n) is 7.39. The average molecular weight is 377 g/mol. The molecule has 25 heavy (non-hydrogen) atoms. The number of halogens is 2. The molecule has 0 aliphatic heterocycles. The third-order valence-electron chi connectivity index (χ3n) is 3.52. The molecule has 1 amide bonds. The molecule has 0 aliphatic carbocycles. The van der Waals surface area contributed by atoms with Crippen molar-refractivity contribution in [2.45, 2.75) is 6.42 Å². The second-order valence-electron chi connectivity index (χ2n) is 5.29. The molecule has 0 unspecified atom stereocenters. The van der Waals surface area contributed by atoms with E-state index in [4.69, 9.17) is 23.8 Å². The van der Waals surface area contributed by atoms with E-state index in [0.29, 0.717) is 5.69 Å². The van der Waals surface area contributed by atoms with Gasteiger partial charge in [-0.15, -0.1) is 0 Å². The molecule has 0 fully saturated rings. The molecule has 4 N–H and O–H groups in total. The van der Waals surface area contributed by atoms with Crippen molar-refractivity contribution in [2.24, 2.45) is 0 Å². The number of rotatable bonds is 3. The standard InChI is InChI=1S/C17H14ClFN4OS/c18-13-8-11(5-6-14(13)19)21-17(25)23-22-16(24)7-10-9-20-15-4-2-1-3-12(10)15/h1-6,8-9,20H,7H2,(H,22,24)(H2,21,23,25). The summed E-state index contributed by atoms with van der Waals surface area (Å²) in [4.78, 5) is 15.2. The molecule has 0 saturated heterocycles. The summed E-state index contributed by atoms with van der Waals surface area (Å²) in [5.41, 5.74) is 7.49. The number of para-hydroxylation sites is 1. The van der Waals surface area contributed by atoms with Gasteiger partial charge in [-0.25, -0.2) is 4.39 Å². The zero-order valence-corrected chi connectivity index (χ0v) is 14.5. The third kappa shape index (κ3) is 4.26. The molecule has 1 aromatic heterocycles. The molecule has 0 aliphatic rings. The van der Waals surface area contributed by atoms with Crippen LogP contribution in [0.25, 0.3) is 10.9 Å². The van der Waals surface area contributed by atoms with E-state index in [9.17, 15) is 9.18 Å². The number of nitrogens with one attached hydrogen (secondary N) is 4. The Morgan fingerprint density at radius 3 is 2.80 bits per heavy atom. The molecule has 5 nitrogen and oxygen atoms in total. The van der Waals surface area contributed by atoms with Gasteiger partial charge in [0.1, 0.15) is 5.82 Å². The van der Waals surface area contributed by atoms with E-state index in [1.54, 1.807) is 6.20 Å². The first kappa shape index (κ1) is 17.2. The van der Waals surface area contributed by atoms with Crippen LogP contribution in [0.1, 0.15) is 5.56 Å². The van der Waals surface area contributed by atoms with Crippen LogP contribution in [0.15, 0.2) is 48.7 Å². The van der Waals surface area contributed by atoms with E-state index >= 15 is 0 Å². The van der Waals surface area contributed by atoms with Crippen LogP contribution in [0.2, 0.25) is 5.02 Å². The molecule has 8 heteroatoms. The lowest BCUT2D eigenvalue weighted by Gasteiger charge is -2.11. The zero-order valence-electron chi connectivity index (χ0n) is 12.9. The summed E-state index contributed by atoms with van der Waals surface area (Å²) in [5.74, 6) is -0.760. The molecule has 1 heterocycles. The number of carbonyl (C=O) groups is 1. The normalized spacial score (nSPS) is 10.5. The Kier molecular flexibility index (Phi) is 5.16. The van der Waals surface area contributed by atoms with Crippen molar-refractivity contribution in [2.75, 3.05) is 5.32 Å². The molecule has 128 valence electrons. The summed E-state index contributed by atoms with van der Waals surface area (Å²) < 4.78 is 13.1. The van der Waals surface area contributed by atoms with E-state index in [1.165, 1.54) is 18.2 Å². The molecule has 0 spiro atoms. The van der Waals surface area contributed by atoms with Gasteiger partial charge in [-0.1, -0.05) is 29.8 Å². The Morgan fingerprint density at radius 2 is 2.00 bits per heavy atom. The highest BCUT2D eigenvalue weighted by atomic mass is 35.5. The largest absolute Gasteiger partial charge is 0.361 e. The van der Waals surface area contributed by atoms with Gasteiger partial charge in [0.15, 0.2) is 5.11 Å². The van der Waals surface area contributed by atoms with Crippen LogP contribution in [0.5, 0.6) is 0 Å². The Labute approximate surface area is 153 Å². The van der Waals surface area contributed by atoms with Crippen molar-refractivity contribution in [3.05, 3.63) is 65.1 Å². The van der Waals surface area contributed by atoms with Gasteiger partial charge < -0.3 is 10.3 Å². The van der Waals surface area contributed by atoms with Crippen molar-refractivity contribution in [1.82, 2.24) is 15.8 Å². The van der Waals surface area contributed by atoms with Crippen molar-refractivity contribution >= 4 is 51.4 Å². The van der Waals surface area contributed by atoms with Crippen molar-refractivity contribution in [3.8, 4) is 0 Å². The molecule has 0 atom stereocenters. The topological polar surface area (TPSA) is 69.0 Å². The monoisotopic (exact) mass is 376 g/mol. The number of benzene rings is 2. The van der Waals surface area contributed by atoms with Gasteiger partial charge in [0.05, 0.1) is 11.4 Å². The molecule has 0 bridgehead atoms. The van der Waals surface area contributed by atoms with Gasteiger partial charge in [-0.2, -0.15) is 0 Å². The zero-order chi connectivity index (χ0) is 17.8. The predicted molar refractivity (Wildman–Crippen MR) is 101 cm³/mol. The predicted octanol–water partition coefficient (Wildman–Crippen LogP) is 3.52. The Balaban J connectivity index is 1.53. The highest BCUT2D eigenvalue weighted by Gasteiger charge is 2.09. The average Bonchev–Trinajstić information content (AvgIpc) is 2.99. The minimum Gasteiger partial charge on any atom is -0.361 e. The van der Waals surface area contributed by atoms with E-state index in [-0.39, 0.29) is 22.5 Å². The fraction of sp³-hybridized carbons (Fsp3) is 0.0588. The van der Waals surface area contributed by atoms with Crippen molar-refractivity contribution in [1.29, 1.82) is 0 Å². The number of fused-ring (bicyclic) bond motifs is 1. The summed E-state index contributed by atoms with van der Waals surface area (Å²) in [5, 5.41) is 3.95. The minimum absolute atomic E-state index is 0.0174. The van der Waals surface area contributed by atoms with Gasteiger partial charge in [-0.3, -0.25) is 15.6 Å². The smallest absolute Gasteiger partial charge is 0.242 e. The number of aromatic amines is 1. The number of hydrogen-bond donors (Lipinski definition) is 4. The molecule has 3 aromatic rings. The van der Waals surface area contributed by atoms with Gasteiger partial charge in [0.2, 0.25) is 5.91 Å². The maximum absolute atomic E-state index is 13.1. The third-order valence-corrected chi connectivity index (χ3v) is 4.01. The Morgan fingerprint density at radius 1 is 1.20 bits per heavy atom. The number of thiocarbonyl (C=S) groups is 1. The fourth-order valence-corrected chi connectivity index (χ4v) is 2.71. The molecule has 2 aromatic carbocycles. The summed E-state index contributed by atoms with van der Waals surface area (Å²) in [6.45, 7) is 0. The van der Waals surface area contributed by atoms with Crippen LogP contribution in [-0.2, 0) is 11.2 Å². The Hall–Kier alpha value is -2.64. The quantitative estimate of drug-likeness (QED) is 0.417. The first-order valence-corrected chi connectivity index (χ1v) is 8.17. The lowest BCUT2D eigenvalue weighted by atomic mass is 10.1. The summed E-state index contributed by atoms with van der Waals surface area (Å²) in [6.07, 6.45) is 2.00. The molecule has 3 rings (SSSR count). The second kappa shape index (κ2) is 7.50. The van der Waals surface area contributed by atoms with Gasteiger partial charge >= 0.3 is 0 Å². The van der Waals surface area contributed by atoms with E-state index in [0.717, 1.165) is 16.5 Å². The number of aromatic nitrogens is 1. The number of H-pyrrole nitrogens is 1. The molecular formula is C17H14ClFN4OS. The number of amides is 1. The SMILES string of the molecule is O=C(Cc1c[nH]c2ccccc12)NNC(=S)Nc1ccc(F)c(Cl)c1. The van der Waals surface area contributed by atoms with Crippen LogP contribution in [0.4, 0.5) is 10.1 Å². The van der Waals surface area contributed by atoms with Crippen LogP contribution in [0, 0.1) is 5.82 Å². The lowest BCUT2D eigenvalue weighted by molar-refractivity contribution is -0.120. The van der Waals surface area contributed by atoms with E-state index in [2.05, 4.69) is 21.2 Å². The summed E-state index contributed by atoms with van der Waals surface area (Å²) >= 11 is 10.8. The van der Waals surface area contributed by atoms with Crippen LogP contribution >= 0.6 is 23.8 Å². The number of carbonyl (C=O) groups excluding carboxylic acids is 1. The summed E-state index contributed by atoms with van der Waals surface area (Å²) in [6, 6.07) is 11.9. The maximum atomic E-state index is 13.1. The highest BCUT2D eigenvalue weighted by molar-refractivity contribution is 7.80. The molecular weight excluding hydrogens is 363 g/mol. The van der Waals surface area contributed by atoms with E-state index < -0.39 is 5.82 Å². The van der Waals surface area contributed by atoms with Crippen molar-refractivity contribution < 1.29 is 9.18 Å². The molecule has 0 radical (unpaired) electrons. The lowest BCUT2D eigenvalue weighted by Crippen LogP contribution is -2.44. The van der Waals surface area contributed by atoms with Crippen LogP contribution in [-0.4, -0.2) is 16.0 Å². The maximum Gasteiger partial charge on any atom is 0.242 e. The van der Waals surface area contributed by atoms with Gasteiger partial charge in [-0.05, 0) is 42.0 Å². The van der Waals surface area contributed by atoms with Gasteiger partial charge in [0, 0.05) is 22.8 Å². The first-order chi connectivity index (χ1) is 12.0. The van der Waals surface area contributed by atoms with Gasteiger partial charge in [0.25, 0.3) is 0 Å². The second-order valence-corrected chi connectivity index (χ2v) is 6.11. The van der Waals surface area contributed by atoms with Crippen LogP contribution in [0.3, 0.4) is 0 Å².